The Morgan fingerprint density at radius 2 is 0.742 bits per heavy atom. The number of pyridine rings is 4. The van der Waals surface area contributed by atoms with Gasteiger partial charge >= 0.3 is 0 Å². The number of rotatable bonds is 9. The summed E-state index contributed by atoms with van der Waals surface area (Å²) in [7, 11) is 0. The molecule has 440 valence electrons. The van der Waals surface area contributed by atoms with Crippen LogP contribution in [0.2, 0.25) is 5.02 Å². The number of halogens is 1. The smallest absolute Gasteiger partial charge is 0.182 e. The predicted molar refractivity (Wildman–Crippen MR) is 372 cm³/mol. The van der Waals surface area contributed by atoms with Gasteiger partial charge in [-0.2, -0.15) is 0 Å². The van der Waals surface area contributed by atoms with E-state index in [2.05, 4.69) is 218 Å². The number of hydrogen-bond donors (Lipinski definition) is 1. The second kappa shape index (κ2) is 24.4. The van der Waals surface area contributed by atoms with Crippen LogP contribution in [0, 0.1) is 0 Å². The molecule has 0 aliphatic carbocycles. The number of para-hydroxylation sites is 4. The van der Waals surface area contributed by atoms with Crippen molar-refractivity contribution in [1.29, 1.82) is 0 Å². The molecule has 0 atom stereocenters. The topological polar surface area (TPSA) is 159 Å². The van der Waals surface area contributed by atoms with Gasteiger partial charge in [-0.05, 0) is 121 Å². The van der Waals surface area contributed by atoms with Crippen LogP contribution in [0.1, 0.15) is 0 Å². The van der Waals surface area contributed by atoms with Crippen LogP contribution in [0.4, 0.5) is 0 Å². The average Bonchev–Trinajstić information content (AvgIpc) is 1.58. The van der Waals surface area contributed by atoms with Gasteiger partial charge in [0.15, 0.2) is 34.9 Å². The maximum atomic E-state index is 6.11. The number of nitrogens with one attached hydrogen (secondary N) is 1. The molecule has 0 aliphatic rings. The number of benzene rings is 8. The molecule has 0 aliphatic heterocycles. The molecule has 8 aromatic carbocycles. The lowest BCUT2D eigenvalue weighted by Crippen LogP contribution is -2.02. The molecule has 93 heavy (non-hydrogen) atoms. The summed E-state index contributed by atoms with van der Waals surface area (Å²) in [5.41, 5.74) is 14.7. The van der Waals surface area contributed by atoms with Crippen LogP contribution in [0.25, 0.3) is 151 Å². The van der Waals surface area contributed by atoms with Gasteiger partial charge in [-0.3, -0.25) is 19.9 Å². The Morgan fingerprint density at radius 3 is 1.28 bits per heavy atom. The molecule has 0 fully saturated rings. The Kier molecular flexibility index (Phi) is 14.6. The summed E-state index contributed by atoms with van der Waals surface area (Å²) in [5, 5.41) is 7.99. The molecule has 0 bridgehead atoms. The van der Waals surface area contributed by atoms with Crippen molar-refractivity contribution in [3.63, 3.8) is 0 Å². The Morgan fingerprint density at radius 1 is 0.301 bits per heavy atom. The van der Waals surface area contributed by atoms with Gasteiger partial charge in [0, 0.05) is 108 Å². The number of nitrogens with zero attached hydrogens (tertiary/aromatic N) is 13. The molecule has 14 nitrogen and oxygen atoms in total. The minimum atomic E-state index is 0.492. The third-order valence-corrected chi connectivity index (χ3v) is 16.4. The molecule has 18 aromatic rings. The minimum absolute atomic E-state index is 0.492. The maximum Gasteiger partial charge on any atom is 0.182 e. The average molecular weight is 1220 g/mol. The van der Waals surface area contributed by atoms with E-state index in [1.54, 1.807) is 24.8 Å². The largest absolute Gasteiger partial charge is 0.353 e. The third kappa shape index (κ3) is 10.8. The molecule has 0 radical (unpaired) electrons. The van der Waals surface area contributed by atoms with Crippen molar-refractivity contribution in [2.45, 2.75) is 0 Å². The first kappa shape index (κ1) is 55.6. The molecular weight excluding hydrogens is 1170 g/mol. The van der Waals surface area contributed by atoms with Crippen molar-refractivity contribution in [3.8, 4) is 85.9 Å². The molecule has 0 spiro atoms. The first-order valence-electron chi connectivity index (χ1n) is 30.2. The molecule has 18 rings (SSSR count). The lowest BCUT2D eigenvalue weighted by Gasteiger charge is -2.13. The van der Waals surface area contributed by atoms with Crippen LogP contribution < -0.4 is 0 Å². The van der Waals surface area contributed by atoms with Crippen LogP contribution in [0.15, 0.2) is 304 Å². The molecule has 15 heteroatoms. The van der Waals surface area contributed by atoms with Crippen LogP contribution in [-0.2, 0) is 0 Å². The highest BCUT2D eigenvalue weighted by atomic mass is 35.5. The molecule has 0 unspecified atom stereocenters. The van der Waals surface area contributed by atoms with Gasteiger partial charge in [-0.25, -0.2) is 29.9 Å². The van der Waals surface area contributed by atoms with Gasteiger partial charge in [0.2, 0.25) is 0 Å². The van der Waals surface area contributed by atoms with Crippen LogP contribution in [0.5, 0.6) is 0 Å². The zero-order valence-corrected chi connectivity index (χ0v) is 50.3. The fourth-order valence-corrected chi connectivity index (χ4v) is 12.1. The summed E-state index contributed by atoms with van der Waals surface area (Å²) < 4.78 is 6.89. The molecular formula is C78H51ClN14. The Labute approximate surface area is 537 Å². The number of hydrogen-bond acceptors (Lipinski definition) is 10. The summed E-state index contributed by atoms with van der Waals surface area (Å²) in [6, 6.07) is 89.7. The first-order valence-corrected chi connectivity index (χ1v) is 30.6. The van der Waals surface area contributed by atoms with E-state index >= 15 is 0 Å². The summed E-state index contributed by atoms with van der Waals surface area (Å²) >= 11 is 6.11. The number of aromatic amines is 1. The van der Waals surface area contributed by atoms with E-state index in [0.29, 0.717) is 62.7 Å². The quantitative estimate of drug-likeness (QED) is 0.147. The van der Waals surface area contributed by atoms with Crippen LogP contribution in [0.3, 0.4) is 0 Å². The van der Waals surface area contributed by atoms with Gasteiger partial charge < -0.3 is 18.7 Å². The van der Waals surface area contributed by atoms with Gasteiger partial charge in [-0.1, -0.05) is 157 Å². The number of aromatic nitrogens is 14. The van der Waals surface area contributed by atoms with Crippen molar-refractivity contribution in [2.75, 3.05) is 0 Å². The van der Waals surface area contributed by atoms with E-state index in [1.807, 2.05) is 115 Å². The summed E-state index contributed by atoms with van der Waals surface area (Å²) in [4.78, 5) is 49.6. The Hall–Kier alpha value is -12.7. The van der Waals surface area contributed by atoms with Crippen molar-refractivity contribution < 1.29 is 0 Å². The zero-order valence-electron chi connectivity index (χ0n) is 49.6. The SMILES string of the molecule is Clc1cccc(-c2nc(-c3ccccn3)nc(-c3ccccn3)n2)c1.c1ccc(-n2ccc3ccc4c5ccccc5[nH]c4c32)cc1.c1ccc(-n2ccc3ccc4c5ccccc5n(-c5cccc(-c6nc(-c7ccccn7)nc(-c7ccccn7)n6)c5)c4c32)cc1. The molecule has 10 heterocycles. The minimum Gasteiger partial charge on any atom is -0.353 e. The monoisotopic (exact) mass is 1220 g/mol. The van der Waals surface area contributed by atoms with E-state index in [9.17, 15) is 0 Å². The highest BCUT2D eigenvalue weighted by molar-refractivity contribution is 6.30. The lowest BCUT2D eigenvalue weighted by molar-refractivity contribution is 1.04. The van der Waals surface area contributed by atoms with Crippen molar-refractivity contribution in [3.05, 3.63) is 309 Å². The fraction of sp³-hybridized carbons (Fsp3) is 0. The first-order chi connectivity index (χ1) is 46.0. The summed E-state index contributed by atoms with van der Waals surface area (Å²) in [6.07, 6.45) is 11.2. The molecule has 10 aromatic heterocycles. The second-order valence-corrected chi connectivity index (χ2v) is 22.4. The van der Waals surface area contributed by atoms with Crippen LogP contribution in [-0.4, -0.2) is 68.5 Å². The van der Waals surface area contributed by atoms with E-state index in [4.69, 9.17) is 26.6 Å². The van der Waals surface area contributed by atoms with Gasteiger partial charge in [0.1, 0.15) is 22.8 Å². The molecule has 0 saturated carbocycles. The van der Waals surface area contributed by atoms with Crippen molar-refractivity contribution in [2.24, 2.45) is 0 Å². The van der Waals surface area contributed by atoms with Gasteiger partial charge in [-0.15, -0.1) is 0 Å². The normalized spacial score (nSPS) is 11.3. The number of fused-ring (bicyclic) bond motifs is 10. The number of H-pyrrole nitrogens is 1. The summed E-state index contributed by atoms with van der Waals surface area (Å²) in [6.45, 7) is 0. The van der Waals surface area contributed by atoms with Gasteiger partial charge in [0.25, 0.3) is 0 Å². The highest BCUT2D eigenvalue weighted by Crippen LogP contribution is 2.39. The fourth-order valence-electron chi connectivity index (χ4n) is 12.0. The Balaban J connectivity index is 0.000000122. The highest BCUT2D eigenvalue weighted by Gasteiger charge is 2.21. The van der Waals surface area contributed by atoms with E-state index in [1.165, 1.54) is 54.6 Å². The van der Waals surface area contributed by atoms with Crippen LogP contribution >= 0.6 is 11.6 Å². The van der Waals surface area contributed by atoms with Crippen molar-refractivity contribution in [1.82, 2.24) is 68.5 Å². The van der Waals surface area contributed by atoms with E-state index in [0.717, 1.165) is 39.1 Å². The molecule has 0 saturated heterocycles. The summed E-state index contributed by atoms with van der Waals surface area (Å²) in [5.74, 6) is 3.06. The van der Waals surface area contributed by atoms with E-state index < -0.39 is 0 Å². The van der Waals surface area contributed by atoms with E-state index in [-0.39, 0.29) is 0 Å². The molecule has 0 amide bonds. The standard InChI is InChI=1S/C39H25N7.C20H14N2.C19H12ClN5/c1-2-12-28(13-3-1)45-24-21-26-19-20-31-30-15-4-5-18-34(30)46(36(31)35(26)45)29-14-10-11-27(25-29)37-42-38(32-16-6-8-22-40-32)44-39(43-37)33-17-7-9-23-41-33;1-2-6-15(7-3-1)22-13-12-14-10-11-17-16-8-4-5-9-18(16)21-19(17)20(14)22;20-14-7-5-6-13(12-14)17-23-18(15-8-1-3-10-21-15)25-19(24-17)16-9-2-4-11-22-16/h1-25H;1-13,21H;1-12H. The second-order valence-electron chi connectivity index (χ2n) is 21.9. The Bertz CT molecular complexity index is 5590. The van der Waals surface area contributed by atoms with Crippen molar-refractivity contribution >= 4 is 77.0 Å². The predicted octanol–water partition coefficient (Wildman–Crippen LogP) is 18.3. The lowest BCUT2D eigenvalue weighted by atomic mass is 10.1. The maximum absolute atomic E-state index is 6.11. The molecule has 1 N–H and O–H groups in total. The third-order valence-electron chi connectivity index (χ3n) is 16.2. The zero-order chi connectivity index (χ0) is 62.0. The van der Waals surface area contributed by atoms with Gasteiger partial charge in [0.05, 0.1) is 27.6 Å².